The highest BCUT2D eigenvalue weighted by Gasteiger charge is 2.23. The highest BCUT2D eigenvalue weighted by atomic mass is 35.5. The number of pyridine rings is 1. The SMILES string of the molecule is Cn1c(C(=O)OCC(=O)Nc2ccc(Cl)cc2Cl)c(-c2ccccc2)c2ccccc2c1=O. The number of nitrogens with zero attached hydrogens (tertiary/aromatic N) is 1. The van der Waals surface area contributed by atoms with Crippen molar-refractivity contribution in [2.24, 2.45) is 7.05 Å². The summed E-state index contributed by atoms with van der Waals surface area (Å²) in [7, 11) is 1.51. The summed E-state index contributed by atoms with van der Waals surface area (Å²) in [6, 6.07) is 20.9. The van der Waals surface area contributed by atoms with Gasteiger partial charge in [-0.25, -0.2) is 4.79 Å². The van der Waals surface area contributed by atoms with Crippen LogP contribution in [-0.2, 0) is 16.6 Å². The smallest absolute Gasteiger partial charge is 0.356 e. The summed E-state index contributed by atoms with van der Waals surface area (Å²) >= 11 is 11.9. The van der Waals surface area contributed by atoms with Crippen molar-refractivity contribution >= 4 is 51.5 Å². The molecule has 1 heterocycles. The Morgan fingerprint density at radius 3 is 2.30 bits per heavy atom. The lowest BCUT2D eigenvalue weighted by Gasteiger charge is -2.16. The van der Waals surface area contributed by atoms with Gasteiger partial charge < -0.3 is 14.6 Å². The van der Waals surface area contributed by atoms with Gasteiger partial charge in [0.1, 0.15) is 5.69 Å². The number of hydrogen-bond acceptors (Lipinski definition) is 4. The quantitative estimate of drug-likeness (QED) is 0.392. The van der Waals surface area contributed by atoms with Crippen LogP contribution in [0.15, 0.2) is 77.6 Å². The van der Waals surface area contributed by atoms with Gasteiger partial charge in [0.15, 0.2) is 6.61 Å². The molecule has 0 aliphatic carbocycles. The molecule has 0 unspecified atom stereocenters. The van der Waals surface area contributed by atoms with Crippen LogP contribution in [0.1, 0.15) is 10.5 Å². The van der Waals surface area contributed by atoms with E-state index in [0.717, 1.165) is 5.56 Å². The van der Waals surface area contributed by atoms with E-state index in [4.69, 9.17) is 27.9 Å². The van der Waals surface area contributed by atoms with Crippen LogP contribution in [-0.4, -0.2) is 23.1 Å². The first kappa shape index (κ1) is 22.6. The minimum Gasteiger partial charge on any atom is -0.451 e. The van der Waals surface area contributed by atoms with E-state index in [9.17, 15) is 14.4 Å². The van der Waals surface area contributed by atoms with E-state index in [0.29, 0.717) is 27.0 Å². The van der Waals surface area contributed by atoms with Gasteiger partial charge >= 0.3 is 5.97 Å². The molecule has 1 N–H and O–H groups in total. The zero-order valence-electron chi connectivity index (χ0n) is 17.5. The maximum Gasteiger partial charge on any atom is 0.356 e. The van der Waals surface area contributed by atoms with E-state index < -0.39 is 18.5 Å². The summed E-state index contributed by atoms with van der Waals surface area (Å²) in [5.74, 6) is -1.38. The van der Waals surface area contributed by atoms with Gasteiger partial charge in [0.2, 0.25) is 0 Å². The molecule has 33 heavy (non-hydrogen) atoms. The lowest BCUT2D eigenvalue weighted by atomic mass is 9.97. The predicted molar refractivity (Wildman–Crippen MR) is 130 cm³/mol. The van der Waals surface area contributed by atoms with E-state index in [-0.39, 0.29) is 16.3 Å². The second-order valence-electron chi connectivity index (χ2n) is 7.25. The molecular formula is C25H18Cl2N2O4. The highest BCUT2D eigenvalue weighted by Crippen LogP contribution is 2.31. The molecule has 0 radical (unpaired) electrons. The van der Waals surface area contributed by atoms with Crippen LogP contribution >= 0.6 is 23.2 Å². The summed E-state index contributed by atoms with van der Waals surface area (Å²) in [6.45, 7) is -0.562. The second-order valence-corrected chi connectivity index (χ2v) is 8.09. The normalized spacial score (nSPS) is 10.8. The zero-order valence-corrected chi connectivity index (χ0v) is 19.0. The molecule has 6 nitrogen and oxygen atoms in total. The number of anilines is 1. The van der Waals surface area contributed by atoms with E-state index in [2.05, 4.69) is 5.32 Å². The Labute approximate surface area is 199 Å². The largest absolute Gasteiger partial charge is 0.451 e. The third-order valence-electron chi connectivity index (χ3n) is 5.10. The van der Waals surface area contributed by atoms with Crippen LogP contribution in [0.4, 0.5) is 5.69 Å². The first-order valence-corrected chi connectivity index (χ1v) is 10.7. The fraction of sp³-hybridized carbons (Fsp3) is 0.0800. The number of carbonyl (C=O) groups excluding carboxylic acids is 2. The molecule has 0 atom stereocenters. The molecule has 3 aromatic carbocycles. The Bertz CT molecular complexity index is 1430. The maximum atomic E-state index is 13.1. The minimum absolute atomic E-state index is 0.0576. The van der Waals surface area contributed by atoms with Crippen molar-refractivity contribution in [3.05, 3.63) is 98.9 Å². The van der Waals surface area contributed by atoms with Crippen molar-refractivity contribution in [1.29, 1.82) is 0 Å². The van der Waals surface area contributed by atoms with Crippen LogP contribution in [0, 0.1) is 0 Å². The number of ether oxygens (including phenoxy) is 1. The zero-order chi connectivity index (χ0) is 23.5. The molecule has 4 rings (SSSR count). The molecule has 8 heteroatoms. The van der Waals surface area contributed by atoms with Crippen LogP contribution in [0.5, 0.6) is 0 Å². The summed E-state index contributed by atoms with van der Waals surface area (Å²) < 4.78 is 6.54. The lowest BCUT2D eigenvalue weighted by Crippen LogP contribution is -2.28. The van der Waals surface area contributed by atoms with Gasteiger partial charge in [-0.2, -0.15) is 0 Å². The summed E-state index contributed by atoms with van der Waals surface area (Å²) in [5.41, 5.74) is 1.36. The highest BCUT2D eigenvalue weighted by molar-refractivity contribution is 6.36. The topological polar surface area (TPSA) is 77.4 Å². The van der Waals surface area contributed by atoms with Gasteiger partial charge in [-0.15, -0.1) is 0 Å². The Morgan fingerprint density at radius 2 is 1.61 bits per heavy atom. The van der Waals surface area contributed by atoms with Crippen molar-refractivity contribution < 1.29 is 14.3 Å². The molecule has 0 aliphatic rings. The Hall–Kier alpha value is -3.61. The Morgan fingerprint density at radius 1 is 0.939 bits per heavy atom. The molecule has 0 aliphatic heterocycles. The number of hydrogen-bond donors (Lipinski definition) is 1. The van der Waals surface area contributed by atoms with Crippen LogP contribution in [0.3, 0.4) is 0 Å². The average Bonchev–Trinajstić information content (AvgIpc) is 2.82. The lowest BCUT2D eigenvalue weighted by molar-refractivity contribution is -0.119. The van der Waals surface area contributed by atoms with E-state index in [1.54, 1.807) is 36.4 Å². The molecular weight excluding hydrogens is 463 g/mol. The van der Waals surface area contributed by atoms with Gasteiger partial charge in [0.05, 0.1) is 10.7 Å². The molecule has 4 aromatic rings. The number of rotatable bonds is 5. The van der Waals surface area contributed by atoms with Crippen molar-refractivity contribution in [2.75, 3.05) is 11.9 Å². The first-order valence-electron chi connectivity index (χ1n) is 9.96. The van der Waals surface area contributed by atoms with Gasteiger partial charge in [0, 0.05) is 23.0 Å². The van der Waals surface area contributed by atoms with Gasteiger partial charge in [0.25, 0.3) is 11.5 Å². The molecule has 1 aromatic heterocycles. The summed E-state index contributed by atoms with van der Waals surface area (Å²) in [5, 5.41) is 4.35. The average molecular weight is 481 g/mol. The Kier molecular flexibility index (Phi) is 6.49. The van der Waals surface area contributed by atoms with Crippen molar-refractivity contribution in [2.45, 2.75) is 0 Å². The first-order chi connectivity index (χ1) is 15.9. The number of aromatic nitrogens is 1. The number of benzene rings is 3. The summed E-state index contributed by atoms with van der Waals surface area (Å²) in [4.78, 5) is 38.4. The molecule has 0 spiro atoms. The fourth-order valence-corrected chi connectivity index (χ4v) is 4.03. The Balaban J connectivity index is 1.67. The van der Waals surface area contributed by atoms with E-state index in [1.165, 1.54) is 17.7 Å². The fourth-order valence-electron chi connectivity index (χ4n) is 3.58. The number of fused-ring (bicyclic) bond motifs is 1. The number of nitrogens with one attached hydrogen (secondary N) is 1. The number of amides is 1. The third kappa shape index (κ3) is 4.62. The maximum absolute atomic E-state index is 13.1. The second kappa shape index (κ2) is 9.48. The molecule has 0 saturated carbocycles. The molecule has 166 valence electrons. The van der Waals surface area contributed by atoms with Gasteiger partial charge in [-0.05, 0) is 35.2 Å². The monoisotopic (exact) mass is 480 g/mol. The van der Waals surface area contributed by atoms with Crippen molar-refractivity contribution in [3.63, 3.8) is 0 Å². The summed E-state index contributed by atoms with van der Waals surface area (Å²) in [6.07, 6.45) is 0. The minimum atomic E-state index is -0.795. The molecule has 0 fully saturated rings. The van der Waals surface area contributed by atoms with Gasteiger partial charge in [-0.1, -0.05) is 71.7 Å². The van der Waals surface area contributed by atoms with Crippen LogP contribution in [0.25, 0.3) is 21.9 Å². The number of esters is 1. The van der Waals surface area contributed by atoms with Crippen LogP contribution in [0.2, 0.25) is 10.0 Å². The van der Waals surface area contributed by atoms with E-state index >= 15 is 0 Å². The van der Waals surface area contributed by atoms with E-state index in [1.807, 2.05) is 30.3 Å². The third-order valence-corrected chi connectivity index (χ3v) is 5.65. The predicted octanol–water partition coefficient (Wildman–Crippen LogP) is 5.31. The van der Waals surface area contributed by atoms with Crippen LogP contribution < -0.4 is 10.9 Å². The molecule has 0 bridgehead atoms. The standard InChI is InChI=1S/C25H18Cl2N2O4/c1-29-23(25(32)33-14-21(30)28-20-12-11-16(26)13-19(20)27)22(15-7-3-2-4-8-15)17-9-5-6-10-18(17)24(29)31/h2-13H,14H2,1H3,(H,28,30). The van der Waals surface area contributed by atoms with Crippen molar-refractivity contribution in [1.82, 2.24) is 4.57 Å². The van der Waals surface area contributed by atoms with Gasteiger partial charge in [-0.3, -0.25) is 9.59 Å². The molecule has 0 saturated heterocycles. The van der Waals surface area contributed by atoms with Crippen molar-refractivity contribution in [3.8, 4) is 11.1 Å². The number of carbonyl (C=O) groups is 2. The number of halogens is 2. The molecule has 1 amide bonds.